The van der Waals surface area contributed by atoms with E-state index in [1.807, 2.05) is 20.8 Å². The van der Waals surface area contributed by atoms with Crippen LogP contribution in [0.4, 0.5) is 0 Å². The maximum absolute atomic E-state index is 11.4. The average Bonchev–Trinajstić information content (AvgIpc) is 2.08. The molecular formula is C9H19NO. The lowest BCUT2D eigenvalue weighted by molar-refractivity contribution is -0.128. The van der Waals surface area contributed by atoms with Gasteiger partial charge in [0.05, 0.1) is 0 Å². The molecule has 0 atom stereocenters. The summed E-state index contributed by atoms with van der Waals surface area (Å²) in [7, 11) is 0. The summed E-state index contributed by atoms with van der Waals surface area (Å²) in [6.45, 7) is 6.46. The maximum Gasteiger partial charge on any atom is 0.140 e. The van der Waals surface area contributed by atoms with Crippen molar-refractivity contribution in [1.82, 2.24) is 0 Å². The molecular weight excluding hydrogens is 138 g/mol. The average molecular weight is 157 g/mol. The summed E-state index contributed by atoms with van der Waals surface area (Å²) >= 11 is 0. The maximum atomic E-state index is 11.4. The molecule has 2 N–H and O–H groups in total. The van der Waals surface area contributed by atoms with E-state index in [0.29, 0.717) is 18.7 Å². The first-order chi connectivity index (χ1) is 5.16. The van der Waals surface area contributed by atoms with Crippen molar-refractivity contribution in [3.8, 4) is 0 Å². The van der Waals surface area contributed by atoms with Crippen molar-refractivity contribution in [2.75, 3.05) is 6.54 Å². The van der Waals surface area contributed by atoms with Crippen molar-refractivity contribution in [2.45, 2.75) is 40.0 Å². The quantitative estimate of drug-likeness (QED) is 0.660. The Morgan fingerprint density at radius 2 is 1.73 bits per heavy atom. The Hall–Kier alpha value is -0.370. The summed E-state index contributed by atoms with van der Waals surface area (Å²) in [5, 5.41) is 0. The van der Waals surface area contributed by atoms with Crippen LogP contribution in [0.15, 0.2) is 0 Å². The fourth-order valence-electron chi connectivity index (χ4n) is 1.42. The summed E-state index contributed by atoms with van der Waals surface area (Å²) in [5.74, 6) is 0.310. The summed E-state index contributed by atoms with van der Waals surface area (Å²) in [4.78, 5) is 11.4. The van der Waals surface area contributed by atoms with Crippen molar-refractivity contribution >= 4 is 5.78 Å². The molecule has 0 unspecified atom stereocenters. The summed E-state index contributed by atoms with van der Waals surface area (Å²) < 4.78 is 0. The molecule has 66 valence electrons. The molecule has 0 spiro atoms. The lowest BCUT2D eigenvalue weighted by atomic mass is 9.77. The van der Waals surface area contributed by atoms with Gasteiger partial charge in [-0.05, 0) is 12.8 Å². The molecule has 0 radical (unpaired) electrons. The van der Waals surface area contributed by atoms with Crippen LogP contribution in [0.3, 0.4) is 0 Å². The predicted octanol–water partition coefficient (Wildman–Crippen LogP) is 1.73. The van der Waals surface area contributed by atoms with E-state index in [9.17, 15) is 4.79 Å². The zero-order valence-corrected chi connectivity index (χ0v) is 7.81. The zero-order chi connectivity index (χ0) is 8.91. The van der Waals surface area contributed by atoms with Gasteiger partial charge in [-0.15, -0.1) is 0 Å². The Labute approximate surface area is 69.2 Å². The van der Waals surface area contributed by atoms with Gasteiger partial charge < -0.3 is 5.73 Å². The highest BCUT2D eigenvalue weighted by Gasteiger charge is 2.31. The molecule has 0 heterocycles. The molecule has 0 aliphatic heterocycles. The third-order valence-corrected chi connectivity index (χ3v) is 2.66. The van der Waals surface area contributed by atoms with Crippen LogP contribution in [0.5, 0.6) is 0 Å². The van der Waals surface area contributed by atoms with Crippen LogP contribution < -0.4 is 5.73 Å². The van der Waals surface area contributed by atoms with Crippen LogP contribution >= 0.6 is 0 Å². The highest BCUT2D eigenvalue weighted by molar-refractivity contribution is 5.84. The van der Waals surface area contributed by atoms with E-state index in [4.69, 9.17) is 5.73 Å². The number of hydrogen-bond acceptors (Lipinski definition) is 2. The summed E-state index contributed by atoms with van der Waals surface area (Å²) in [5.41, 5.74) is 5.36. The van der Waals surface area contributed by atoms with Gasteiger partial charge in [0, 0.05) is 18.4 Å². The van der Waals surface area contributed by atoms with Gasteiger partial charge in [0.2, 0.25) is 0 Å². The van der Waals surface area contributed by atoms with Crippen molar-refractivity contribution in [3.63, 3.8) is 0 Å². The van der Waals surface area contributed by atoms with Gasteiger partial charge >= 0.3 is 0 Å². The largest absolute Gasteiger partial charge is 0.329 e. The molecule has 0 aromatic rings. The van der Waals surface area contributed by atoms with Crippen LogP contribution in [-0.2, 0) is 4.79 Å². The molecule has 0 aromatic carbocycles. The second kappa shape index (κ2) is 4.50. The molecule has 2 nitrogen and oxygen atoms in total. The Bertz CT molecular complexity index is 119. The second-order valence-corrected chi connectivity index (χ2v) is 2.97. The van der Waals surface area contributed by atoms with Gasteiger partial charge in [-0.2, -0.15) is 0 Å². The third kappa shape index (κ3) is 2.03. The van der Waals surface area contributed by atoms with Crippen molar-refractivity contribution in [3.05, 3.63) is 0 Å². The second-order valence-electron chi connectivity index (χ2n) is 2.97. The molecule has 0 aromatic heterocycles. The van der Waals surface area contributed by atoms with E-state index in [-0.39, 0.29) is 5.41 Å². The molecule has 0 aliphatic rings. The van der Waals surface area contributed by atoms with Gasteiger partial charge in [0.25, 0.3) is 0 Å². The number of nitrogens with two attached hydrogens (primary N) is 1. The lowest BCUT2D eigenvalue weighted by Crippen LogP contribution is -2.37. The van der Waals surface area contributed by atoms with E-state index >= 15 is 0 Å². The summed E-state index contributed by atoms with van der Waals surface area (Å²) in [6, 6.07) is 0. The minimum absolute atomic E-state index is 0.227. The van der Waals surface area contributed by atoms with Crippen molar-refractivity contribution in [2.24, 2.45) is 11.1 Å². The number of hydrogen-bond donors (Lipinski definition) is 1. The lowest BCUT2D eigenvalue weighted by Gasteiger charge is -2.27. The first kappa shape index (κ1) is 10.6. The van der Waals surface area contributed by atoms with Gasteiger partial charge in [0.1, 0.15) is 5.78 Å². The highest BCUT2D eigenvalue weighted by Crippen LogP contribution is 2.27. The molecule has 0 aliphatic carbocycles. The van der Waals surface area contributed by atoms with Gasteiger partial charge in [-0.25, -0.2) is 0 Å². The first-order valence-corrected chi connectivity index (χ1v) is 4.40. The smallest absolute Gasteiger partial charge is 0.140 e. The molecule has 0 rings (SSSR count). The third-order valence-electron chi connectivity index (χ3n) is 2.66. The Morgan fingerprint density at radius 3 is 1.82 bits per heavy atom. The van der Waals surface area contributed by atoms with Crippen molar-refractivity contribution < 1.29 is 4.79 Å². The topological polar surface area (TPSA) is 43.1 Å². The van der Waals surface area contributed by atoms with Gasteiger partial charge in [-0.1, -0.05) is 20.8 Å². The van der Waals surface area contributed by atoms with E-state index in [0.717, 1.165) is 12.8 Å². The molecule has 2 heteroatoms. The van der Waals surface area contributed by atoms with Gasteiger partial charge in [0.15, 0.2) is 0 Å². The van der Waals surface area contributed by atoms with E-state index < -0.39 is 0 Å². The van der Waals surface area contributed by atoms with Crippen molar-refractivity contribution in [1.29, 1.82) is 0 Å². The Kier molecular flexibility index (Phi) is 4.34. The SMILES string of the molecule is CCC(=O)C(CC)(CC)CN. The fraction of sp³-hybridized carbons (Fsp3) is 0.889. The summed E-state index contributed by atoms with van der Waals surface area (Å²) in [6.07, 6.45) is 2.35. The van der Waals surface area contributed by atoms with E-state index in [1.165, 1.54) is 0 Å². The molecule has 0 bridgehead atoms. The minimum atomic E-state index is -0.227. The zero-order valence-electron chi connectivity index (χ0n) is 7.81. The molecule has 0 fully saturated rings. The number of ketones is 1. The van der Waals surface area contributed by atoms with Gasteiger partial charge in [-0.3, -0.25) is 4.79 Å². The monoisotopic (exact) mass is 157 g/mol. The normalized spacial score (nSPS) is 11.6. The van der Waals surface area contributed by atoms with E-state index in [1.54, 1.807) is 0 Å². The standard InChI is InChI=1S/C9H19NO/c1-4-8(11)9(5-2,6-3)7-10/h4-7,10H2,1-3H3. The number of carbonyl (C=O) groups excluding carboxylic acids is 1. The van der Waals surface area contributed by atoms with Crippen LogP contribution in [0.2, 0.25) is 0 Å². The highest BCUT2D eigenvalue weighted by atomic mass is 16.1. The number of carbonyl (C=O) groups is 1. The van der Waals surface area contributed by atoms with Crippen LogP contribution in [0.25, 0.3) is 0 Å². The minimum Gasteiger partial charge on any atom is -0.329 e. The van der Waals surface area contributed by atoms with Crippen LogP contribution in [0, 0.1) is 5.41 Å². The fourth-order valence-corrected chi connectivity index (χ4v) is 1.42. The van der Waals surface area contributed by atoms with Crippen LogP contribution in [-0.4, -0.2) is 12.3 Å². The first-order valence-electron chi connectivity index (χ1n) is 4.40. The molecule has 0 saturated carbocycles. The molecule has 11 heavy (non-hydrogen) atoms. The molecule has 0 amide bonds. The number of Topliss-reactive ketones (excluding diaryl/α,β-unsaturated/α-hetero) is 1. The Balaban J connectivity index is 4.39. The predicted molar refractivity (Wildman–Crippen MR) is 47.4 cm³/mol. The van der Waals surface area contributed by atoms with E-state index in [2.05, 4.69) is 0 Å². The molecule has 0 saturated heterocycles. The Morgan fingerprint density at radius 1 is 1.27 bits per heavy atom. The number of rotatable bonds is 5. The van der Waals surface area contributed by atoms with Crippen LogP contribution in [0.1, 0.15) is 40.0 Å².